The highest BCUT2D eigenvalue weighted by molar-refractivity contribution is 5.24. The Hall–Kier alpha value is -0.600. The zero-order valence-corrected chi connectivity index (χ0v) is 7.04. The average molecular weight is 154 g/mol. The van der Waals surface area contributed by atoms with Gasteiger partial charge >= 0.3 is 0 Å². The second-order valence-electron chi connectivity index (χ2n) is 2.49. The van der Waals surface area contributed by atoms with Gasteiger partial charge in [-0.2, -0.15) is 0 Å². The number of ether oxygens (including phenoxy) is 2. The predicted molar refractivity (Wildman–Crippen MR) is 44.3 cm³/mol. The van der Waals surface area contributed by atoms with E-state index in [0.717, 1.165) is 18.4 Å². The summed E-state index contributed by atoms with van der Waals surface area (Å²) in [6.45, 7) is 0. The largest absolute Gasteiger partial charge is 0.352 e. The second kappa shape index (κ2) is 4.31. The van der Waals surface area contributed by atoms with Crippen LogP contribution in [0.2, 0.25) is 0 Å². The molecule has 0 heterocycles. The SMILES string of the molecule is COC(OC)C1=CCCC=C1. The summed E-state index contributed by atoms with van der Waals surface area (Å²) in [5, 5.41) is 0. The van der Waals surface area contributed by atoms with E-state index in [9.17, 15) is 0 Å². The average Bonchev–Trinajstić information content (AvgIpc) is 2.09. The Morgan fingerprint density at radius 2 is 2.00 bits per heavy atom. The van der Waals surface area contributed by atoms with Crippen molar-refractivity contribution in [2.75, 3.05) is 14.2 Å². The standard InChI is InChI=1S/C9H14O2/c1-10-9(11-2)8-6-4-3-5-7-8/h4,6-7,9H,3,5H2,1-2H3. The van der Waals surface area contributed by atoms with Crippen molar-refractivity contribution in [1.29, 1.82) is 0 Å². The Kier molecular flexibility index (Phi) is 3.33. The van der Waals surface area contributed by atoms with Crippen LogP contribution >= 0.6 is 0 Å². The summed E-state index contributed by atoms with van der Waals surface area (Å²) in [5.74, 6) is 0. The van der Waals surface area contributed by atoms with Gasteiger partial charge in [0.1, 0.15) is 0 Å². The summed E-state index contributed by atoms with van der Waals surface area (Å²) < 4.78 is 10.2. The molecule has 11 heavy (non-hydrogen) atoms. The highest BCUT2D eigenvalue weighted by Crippen LogP contribution is 2.15. The lowest BCUT2D eigenvalue weighted by atomic mass is 10.1. The minimum atomic E-state index is -0.188. The molecule has 62 valence electrons. The van der Waals surface area contributed by atoms with Gasteiger partial charge in [0.05, 0.1) is 0 Å². The lowest BCUT2D eigenvalue weighted by molar-refractivity contribution is -0.0727. The molecule has 0 atom stereocenters. The van der Waals surface area contributed by atoms with Gasteiger partial charge in [0.2, 0.25) is 0 Å². The molecule has 1 aliphatic rings. The van der Waals surface area contributed by atoms with Crippen molar-refractivity contribution in [2.24, 2.45) is 0 Å². The smallest absolute Gasteiger partial charge is 0.182 e. The van der Waals surface area contributed by atoms with Crippen LogP contribution in [0.25, 0.3) is 0 Å². The Morgan fingerprint density at radius 1 is 1.27 bits per heavy atom. The molecule has 0 amide bonds. The molecule has 0 bridgehead atoms. The van der Waals surface area contributed by atoms with E-state index in [0.29, 0.717) is 0 Å². The summed E-state index contributed by atoms with van der Waals surface area (Å²) in [5.41, 5.74) is 1.13. The van der Waals surface area contributed by atoms with Crippen molar-refractivity contribution >= 4 is 0 Å². The molecule has 0 radical (unpaired) electrons. The van der Waals surface area contributed by atoms with Gasteiger partial charge < -0.3 is 9.47 Å². The van der Waals surface area contributed by atoms with Crippen LogP contribution in [0.15, 0.2) is 23.8 Å². The third-order valence-corrected chi connectivity index (χ3v) is 1.72. The maximum Gasteiger partial charge on any atom is 0.182 e. The molecule has 0 unspecified atom stereocenters. The van der Waals surface area contributed by atoms with Crippen LogP contribution in [0.4, 0.5) is 0 Å². The monoisotopic (exact) mass is 154 g/mol. The lowest BCUT2D eigenvalue weighted by Crippen LogP contribution is -2.15. The van der Waals surface area contributed by atoms with E-state index in [1.807, 2.05) is 0 Å². The van der Waals surface area contributed by atoms with Crippen molar-refractivity contribution in [2.45, 2.75) is 19.1 Å². The van der Waals surface area contributed by atoms with Gasteiger partial charge in [-0.25, -0.2) is 0 Å². The molecule has 0 saturated carbocycles. The molecule has 0 aromatic heterocycles. The molecule has 0 saturated heterocycles. The van der Waals surface area contributed by atoms with Crippen molar-refractivity contribution in [3.8, 4) is 0 Å². The summed E-state index contributed by atoms with van der Waals surface area (Å²) >= 11 is 0. The first-order chi connectivity index (χ1) is 5.38. The van der Waals surface area contributed by atoms with Gasteiger partial charge in [0, 0.05) is 19.8 Å². The molecular weight excluding hydrogens is 140 g/mol. The molecule has 2 nitrogen and oxygen atoms in total. The number of methoxy groups -OCH3 is 2. The fourth-order valence-electron chi connectivity index (χ4n) is 1.18. The van der Waals surface area contributed by atoms with Gasteiger partial charge in [0.15, 0.2) is 6.29 Å². The molecule has 0 fully saturated rings. The number of hydrogen-bond donors (Lipinski definition) is 0. The first-order valence-corrected chi connectivity index (χ1v) is 3.80. The van der Waals surface area contributed by atoms with E-state index >= 15 is 0 Å². The molecule has 1 rings (SSSR count). The fraction of sp³-hybridized carbons (Fsp3) is 0.556. The Balaban J connectivity index is 2.56. The zero-order chi connectivity index (χ0) is 8.10. The summed E-state index contributed by atoms with van der Waals surface area (Å²) in [6.07, 6.45) is 8.38. The predicted octanol–water partition coefficient (Wildman–Crippen LogP) is 1.88. The van der Waals surface area contributed by atoms with Gasteiger partial charge in [-0.15, -0.1) is 0 Å². The Bertz CT molecular complexity index is 166. The molecule has 2 heteroatoms. The lowest BCUT2D eigenvalue weighted by Gasteiger charge is -2.16. The zero-order valence-electron chi connectivity index (χ0n) is 7.04. The summed E-state index contributed by atoms with van der Waals surface area (Å²) in [6, 6.07) is 0. The minimum absolute atomic E-state index is 0.188. The first kappa shape index (κ1) is 8.50. The van der Waals surface area contributed by atoms with Crippen LogP contribution in [0.1, 0.15) is 12.8 Å². The molecule has 1 aliphatic carbocycles. The highest BCUT2D eigenvalue weighted by atomic mass is 16.7. The van der Waals surface area contributed by atoms with E-state index < -0.39 is 0 Å². The maximum absolute atomic E-state index is 5.10. The van der Waals surface area contributed by atoms with Crippen molar-refractivity contribution < 1.29 is 9.47 Å². The van der Waals surface area contributed by atoms with E-state index in [1.165, 1.54) is 0 Å². The molecule has 0 spiro atoms. The second-order valence-corrected chi connectivity index (χ2v) is 2.49. The Labute approximate surface area is 67.5 Å². The third-order valence-electron chi connectivity index (χ3n) is 1.72. The van der Waals surface area contributed by atoms with Crippen LogP contribution in [0.5, 0.6) is 0 Å². The quantitative estimate of drug-likeness (QED) is 0.578. The highest BCUT2D eigenvalue weighted by Gasteiger charge is 2.09. The Morgan fingerprint density at radius 3 is 2.45 bits per heavy atom. The third kappa shape index (κ3) is 2.17. The number of rotatable bonds is 3. The van der Waals surface area contributed by atoms with Crippen LogP contribution < -0.4 is 0 Å². The summed E-state index contributed by atoms with van der Waals surface area (Å²) in [4.78, 5) is 0. The van der Waals surface area contributed by atoms with Gasteiger partial charge in [-0.05, 0) is 12.8 Å². The topological polar surface area (TPSA) is 18.5 Å². The maximum atomic E-state index is 5.10. The van der Waals surface area contributed by atoms with E-state index in [-0.39, 0.29) is 6.29 Å². The van der Waals surface area contributed by atoms with Crippen molar-refractivity contribution in [3.63, 3.8) is 0 Å². The molecule has 0 N–H and O–H groups in total. The van der Waals surface area contributed by atoms with Crippen LogP contribution in [-0.4, -0.2) is 20.5 Å². The molecule has 0 aromatic rings. The number of allylic oxidation sites excluding steroid dienone is 2. The van der Waals surface area contributed by atoms with Crippen LogP contribution in [0, 0.1) is 0 Å². The molecular formula is C9H14O2. The van der Waals surface area contributed by atoms with E-state index in [1.54, 1.807) is 14.2 Å². The van der Waals surface area contributed by atoms with Crippen LogP contribution in [0.3, 0.4) is 0 Å². The van der Waals surface area contributed by atoms with E-state index in [4.69, 9.17) is 9.47 Å². The molecule has 0 aliphatic heterocycles. The van der Waals surface area contributed by atoms with Gasteiger partial charge in [-0.3, -0.25) is 0 Å². The van der Waals surface area contributed by atoms with Crippen molar-refractivity contribution in [3.05, 3.63) is 23.8 Å². The number of hydrogen-bond acceptors (Lipinski definition) is 2. The first-order valence-electron chi connectivity index (χ1n) is 3.80. The van der Waals surface area contributed by atoms with E-state index in [2.05, 4.69) is 18.2 Å². The summed E-state index contributed by atoms with van der Waals surface area (Å²) in [7, 11) is 3.30. The van der Waals surface area contributed by atoms with Crippen LogP contribution in [-0.2, 0) is 9.47 Å². The van der Waals surface area contributed by atoms with Gasteiger partial charge in [0.25, 0.3) is 0 Å². The van der Waals surface area contributed by atoms with Crippen molar-refractivity contribution in [1.82, 2.24) is 0 Å². The molecule has 0 aromatic carbocycles. The fourth-order valence-corrected chi connectivity index (χ4v) is 1.18. The van der Waals surface area contributed by atoms with Gasteiger partial charge in [-0.1, -0.05) is 18.2 Å². The normalized spacial score (nSPS) is 17.2. The minimum Gasteiger partial charge on any atom is -0.352 e.